The van der Waals surface area contributed by atoms with Crippen LogP contribution in [0.15, 0.2) is 42.5 Å². The summed E-state index contributed by atoms with van der Waals surface area (Å²) in [6.45, 7) is 3.50. The molecule has 3 aromatic rings. The van der Waals surface area contributed by atoms with Gasteiger partial charge in [0, 0.05) is 29.1 Å². The van der Waals surface area contributed by atoms with Gasteiger partial charge in [0.05, 0.1) is 11.0 Å². The first kappa shape index (κ1) is 16.3. The molecule has 3 rings (SSSR count). The second-order valence-electron chi connectivity index (χ2n) is 5.58. The van der Waals surface area contributed by atoms with Crippen LogP contribution in [0.1, 0.15) is 24.2 Å². The number of hydrogen-bond donors (Lipinski definition) is 1. The van der Waals surface area contributed by atoms with Gasteiger partial charge in [-0.15, -0.1) is 0 Å². The van der Waals surface area contributed by atoms with E-state index in [4.69, 9.17) is 33.9 Å². The van der Waals surface area contributed by atoms with Crippen LogP contribution in [0.25, 0.3) is 11.0 Å². The Bertz CT molecular complexity index is 826. The predicted octanol–water partition coefficient (Wildman–Crippen LogP) is 4.65. The number of aryl methyl sites for hydroxylation is 1. The Hall–Kier alpha value is -1.55. The van der Waals surface area contributed by atoms with Gasteiger partial charge < -0.3 is 10.3 Å². The van der Waals surface area contributed by atoms with Crippen LogP contribution in [-0.4, -0.2) is 16.1 Å². The predicted molar refractivity (Wildman–Crippen MR) is 97.4 cm³/mol. The first-order chi connectivity index (χ1) is 11.1. The third kappa shape index (κ3) is 3.23. The lowest BCUT2D eigenvalue weighted by atomic mass is 9.98. The van der Waals surface area contributed by atoms with E-state index in [0.717, 1.165) is 35.4 Å². The second-order valence-corrected chi connectivity index (χ2v) is 6.42. The summed E-state index contributed by atoms with van der Waals surface area (Å²) in [6, 6.07) is 13.8. The quantitative estimate of drug-likeness (QED) is 0.729. The zero-order valence-electron chi connectivity index (χ0n) is 13.0. The van der Waals surface area contributed by atoms with Crippen molar-refractivity contribution in [3.05, 3.63) is 63.9 Å². The Balaban J connectivity index is 2.00. The number of rotatable bonds is 5. The summed E-state index contributed by atoms with van der Waals surface area (Å²) in [5, 5.41) is 1.32. The summed E-state index contributed by atoms with van der Waals surface area (Å²) < 4.78 is 2.23. The van der Waals surface area contributed by atoms with Crippen LogP contribution in [-0.2, 0) is 13.0 Å². The minimum atomic E-state index is 0.112. The molecular formula is C18H19Cl2N3. The Morgan fingerprint density at radius 1 is 1.17 bits per heavy atom. The van der Waals surface area contributed by atoms with E-state index in [9.17, 15) is 0 Å². The summed E-state index contributed by atoms with van der Waals surface area (Å²) >= 11 is 12.3. The summed E-state index contributed by atoms with van der Waals surface area (Å²) in [5.74, 6) is 1.13. The molecule has 0 aliphatic carbocycles. The van der Waals surface area contributed by atoms with Crippen LogP contribution in [0.5, 0.6) is 0 Å². The van der Waals surface area contributed by atoms with E-state index in [2.05, 4.69) is 17.6 Å². The highest BCUT2D eigenvalue weighted by atomic mass is 35.5. The minimum Gasteiger partial charge on any atom is -0.330 e. The lowest BCUT2D eigenvalue weighted by Crippen LogP contribution is -2.19. The first-order valence-corrected chi connectivity index (χ1v) is 8.48. The molecule has 0 radical (unpaired) electrons. The fraction of sp³-hybridized carbons (Fsp3) is 0.278. The van der Waals surface area contributed by atoms with E-state index in [1.807, 2.05) is 30.3 Å². The standard InChI is InChI=1S/C18H19Cl2N3/c1-2-23-17-6-4-3-5-16(17)22-18(23)13(11-21)9-12-7-8-14(19)10-15(12)20/h3-8,10,13H,2,9,11,21H2,1H3. The number of aromatic nitrogens is 2. The largest absolute Gasteiger partial charge is 0.330 e. The molecule has 0 fully saturated rings. The summed E-state index contributed by atoms with van der Waals surface area (Å²) in [6.07, 6.45) is 0.746. The lowest BCUT2D eigenvalue weighted by molar-refractivity contribution is 0.598. The molecule has 23 heavy (non-hydrogen) atoms. The topological polar surface area (TPSA) is 43.8 Å². The van der Waals surface area contributed by atoms with Gasteiger partial charge in [0.2, 0.25) is 0 Å². The van der Waals surface area contributed by atoms with Crippen molar-refractivity contribution >= 4 is 34.2 Å². The molecular weight excluding hydrogens is 329 g/mol. The second kappa shape index (κ2) is 6.91. The van der Waals surface area contributed by atoms with Crippen molar-refractivity contribution in [1.82, 2.24) is 9.55 Å². The highest BCUT2D eigenvalue weighted by Crippen LogP contribution is 2.28. The number of para-hydroxylation sites is 2. The molecule has 1 unspecified atom stereocenters. The summed E-state index contributed by atoms with van der Waals surface area (Å²) in [5.41, 5.74) is 9.25. The summed E-state index contributed by atoms with van der Waals surface area (Å²) in [7, 11) is 0. The number of halogens is 2. The van der Waals surface area contributed by atoms with Crippen LogP contribution >= 0.6 is 23.2 Å². The molecule has 0 spiro atoms. The number of imidazole rings is 1. The number of benzene rings is 2. The number of hydrogen-bond acceptors (Lipinski definition) is 2. The Morgan fingerprint density at radius 2 is 1.96 bits per heavy atom. The molecule has 5 heteroatoms. The van der Waals surface area contributed by atoms with Gasteiger partial charge >= 0.3 is 0 Å². The van der Waals surface area contributed by atoms with Crippen molar-refractivity contribution in [3.63, 3.8) is 0 Å². The van der Waals surface area contributed by atoms with E-state index in [1.54, 1.807) is 6.07 Å². The zero-order chi connectivity index (χ0) is 16.4. The molecule has 0 bridgehead atoms. The third-order valence-corrected chi connectivity index (χ3v) is 4.72. The molecule has 2 N–H and O–H groups in total. The summed E-state index contributed by atoms with van der Waals surface area (Å²) in [4.78, 5) is 4.81. The number of fused-ring (bicyclic) bond motifs is 1. The Kier molecular flexibility index (Phi) is 4.90. The highest BCUT2D eigenvalue weighted by molar-refractivity contribution is 6.35. The minimum absolute atomic E-state index is 0.112. The zero-order valence-corrected chi connectivity index (χ0v) is 14.5. The first-order valence-electron chi connectivity index (χ1n) is 7.73. The van der Waals surface area contributed by atoms with E-state index < -0.39 is 0 Å². The molecule has 3 nitrogen and oxygen atoms in total. The number of nitrogens with zero attached hydrogens (tertiary/aromatic N) is 2. The van der Waals surface area contributed by atoms with Crippen molar-refractivity contribution in [3.8, 4) is 0 Å². The van der Waals surface area contributed by atoms with Gasteiger partial charge in [-0.2, -0.15) is 0 Å². The van der Waals surface area contributed by atoms with Gasteiger partial charge in [0.15, 0.2) is 0 Å². The van der Waals surface area contributed by atoms with E-state index in [0.29, 0.717) is 16.6 Å². The normalized spacial score (nSPS) is 12.7. The SMILES string of the molecule is CCn1c(C(CN)Cc2ccc(Cl)cc2Cl)nc2ccccc21. The fourth-order valence-corrected chi connectivity index (χ4v) is 3.46. The van der Waals surface area contributed by atoms with Crippen LogP contribution in [0.3, 0.4) is 0 Å². The smallest absolute Gasteiger partial charge is 0.114 e. The molecule has 1 aromatic heterocycles. The van der Waals surface area contributed by atoms with Crippen LogP contribution in [0, 0.1) is 0 Å². The van der Waals surface area contributed by atoms with Crippen LogP contribution in [0.4, 0.5) is 0 Å². The van der Waals surface area contributed by atoms with E-state index >= 15 is 0 Å². The van der Waals surface area contributed by atoms with Crippen LogP contribution in [0.2, 0.25) is 10.0 Å². The molecule has 0 aliphatic heterocycles. The van der Waals surface area contributed by atoms with Crippen LogP contribution < -0.4 is 5.73 Å². The van der Waals surface area contributed by atoms with Crippen molar-refractivity contribution in [2.75, 3.05) is 6.54 Å². The fourth-order valence-electron chi connectivity index (χ4n) is 2.97. The average Bonchev–Trinajstić information content (AvgIpc) is 2.92. The van der Waals surface area contributed by atoms with Gasteiger partial charge in [-0.05, 0) is 43.2 Å². The van der Waals surface area contributed by atoms with Gasteiger partial charge in [-0.1, -0.05) is 41.4 Å². The van der Waals surface area contributed by atoms with E-state index in [1.165, 1.54) is 0 Å². The monoisotopic (exact) mass is 347 g/mol. The van der Waals surface area contributed by atoms with Crippen molar-refractivity contribution in [2.24, 2.45) is 5.73 Å². The van der Waals surface area contributed by atoms with Crippen molar-refractivity contribution in [2.45, 2.75) is 25.8 Å². The molecule has 0 saturated carbocycles. The molecule has 0 amide bonds. The molecule has 2 aromatic carbocycles. The maximum absolute atomic E-state index is 6.32. The molecule has 1 atom stereocenters. The maximum Gasteiger partial charge on any atom is 0.114 e. The van der Waals surface area contributed by atoms with Gasteiger partial charge in [-0.25, -0.2) is 4.98 Å². The lowest BCUT2D eigenvalue weighted by Gasteiger charge is -2.17. The average molecular weight is 348 g/mol. The van der Waals surface area contributed by atoms with Gasteiger partial charge in [0.1, 0.15) is 5.82 Å². The van der Waals surface area contributed by atoms with Gasteiger partial charge in [-0.3, -0.25) is 0 Å². The van der Waals surface area contributed by atoms with Gasteiger partial charge in [0.25, 0.3) is 0 Å². The molecule has 0 aliphatic rings. The Morgan fingerprint density at radius 3 is 2.65 bits per heavy atom. The number of nitrogens with two attached hydrogens (primary N) is 1. The molecule has 120 valence electrons. The highest BCUT2D eigenvalue weighted by Gasteiger charge is 2.20. The molecule has 1 heterocycles. The molecule has 0 saturated heterocycles. The van der Waals surface area contributed by atoms with Crippen molar-refractivity contribution < 1.29 is 0 Å². The van der Waals surface area contributed by atoms with Crippen molar-refractivity contribution in [1.29, 1.82) is 0 Å². The Labute approximate surface area is 146 Å². The third-order valence-electron chi connectivity index (χ3n) is 4.13. The van der Waals surface area contributed by atoms with E-state index in [-0.39, 0.29) is 5.92 Å². The maximum atomic E-state index is 6.32.